The molecule has 62 heavy (non-hydrogen) atoms. The van der Waals surface area contributed by atoms with E-state index in [1.54, 1.807) is 0 Å². The first-order valence-electron chi connectivity index (χ1n) is 22.6. The maximum absolute atomic E-state index is 14.8. The summed E-state index contributed by atoms with van der Waals surface area (Å²) in [6, 6.07) is 3.60. The van der Waals surface area contributed by atoms with E-state index in [0.29, 0.717) is 80.9 Å². The molecule has 0 amide bonds. The van der Waals surface area contributed by atoms with E-state index < -0.39 is 92.5 Å². The lowest BCUT2D eigenvalue weighted by Gasteiger charge is -2.48. The number of nitrogens with one attached hydrogen (secondary N) is 1. The molecule has 0 spiro atoms. The first kappa shape index (κ1) is 54.2. The van der Waals surface area contributed by atoms with Crippen LogP contribution in [0.15, 0.2) is 36.4 Å². The first-order chi connectivity index (χ1) is 28.9. The summed E-state index contributed by atoms with van der Waals surface area (Å²) in [7, 11) is -6.07. The minimum atomic E-state index is -5.38. The SMILES string of the molecule is CCCC[Si](CCCC)(CCCC)O[C@@H]1CN[C@H](C(O[Si](CCCC)(CCCC)CCCC)(c2cc(C(F)(F)F)cc(C(F)(F)F)c2)c2cc(C(F)(F)F)cc(C(F)(F)F)c2)C1. The maximum atomic E-state index is 14.8. The molecule has 2 aromatic rings. The molecule has 1 N–H and O–H groups in total. The maximum Gasteiger partial charge on any atom is 0.416 e. The van der Waals surface area contributed by atoms with Gasteiger partial charge < -0.3 is 14.2 Å². The Morgan fingerprint density at radius 2 is 0.726 bits per heavy atom. The van der Waals surface area contributed by atoms with Crippen LogP contribution in [-0.2, 0) is 39.2 Å². The van der Waals surface area contributed by atoms with Gasteiger partial charge >= 0.3 is 24.7 Å². The van der Waals surface area contributed by atoms with Gasteiger partial charge in [0.1, 0.15) is 5.60 Å². The predicted octanol–water partition coefficient (Wildman–Crippen LogP) is 16.5. The van der Waals surface area contributed by atoms with Crippen molar-refractivity contribution in [3.63, 3.8) is 0 Å². The molecule has 3 rings (SSSR count). The number of benzene rings is 2. The predicted molar refractivity (Wildman–Crippen MR) is 226 cm³/mol. The van der Waals surface area contributed by atoms with Crippen molar-refractivity contribution in [3.8, 4) is 0 Å². The van der Waals surface area contributed by atoms with E-state index in [-0.39, 0.29) is 25.1 Å². The van der Waals surface area contributed by atoms with Gasteiger partial charge in [0, 0.05) is 12.6 Å². The molecule has 1 aliphatic rings. The molecule has 0 aromatic heterocycles. The van der Waals surface area contributed by atoms with Gasteiger partial charge in [0.2, 0.25) is 0 Å². The lowest BCUT2D eigenvalue weighted by Crippen LogP contribution is -2.56. The Labute approximate surface area is 362 Å². The van der Waals surface area contributed by atoms with Crippen LogP contribution in [0, 0.1) is 0 Å². The Hall–Kier alpha value is -2.09. The highest BCUT2D eigenvalue weighted by Crippen LogP contribution is 2.51. The molecule has 356 valence electrons. The fraction of sp³-hybridized carbons (Fsp3) is 0.733. The quantitative estimate of drug-likeness (QED) is 0.0795. The van der Waals surface area contributed by atoms with Crippen molar-refractivity contribution in [2.45, 2.75) is 204 Å². The van der Waals surface area contributed by atoms with Crippen LogP contribution in [0.5, 0.6) is 0 Å². The summed E-state index contributed by atoms with van der Waals surface area (Å²) in [5, 5.41) is 3.23. The Balaban J connectivity index is 2.64. The molecule has 1 fully saturated rings. The normalized spacial score (nSPS) is 17.3. The van der Waals surface area contributed by atoms with Gasteiger partial charge in [0.15, 0.2) is 16.6 Å². The van der Waals surface area contributed by atoms with Crippen LogP contribution in [0.1, 0.15) is 158 Å². The number of hydrogen-bond donors (Lipinski definition) is 1. The van der Waals surface area contributed by atoms with Gasteiger partial charge in [0.05, 0.1) is 28.4 Å². The van der Waals surface area contributed by atoms with Crippen LogP contribution in [0.4, 0.5) is 52.7 Å². The molecule has 2 aromatic carbocycles. The fourth-order valence-electron chi connectivity index (χ4n) is 8.97. The van der Waals surface area contributed by atoms with Crippen molar-refractivity contribution in [2.24, 2.45) is 0 Å². The molecular formula is C45H67F12NO2Si2. The van der Waals surface area contributed by atoms with E-state index in [2.05, 4.69) is 26.1 Å². The third kappa shape index (κ3) is 14.5. The highest BCUT2D eigenvalue weighted by Gasteiger charge is 2.55. The average molecular weight is 938 g/mol. The van der Waals surface area contributed by atoms with Crippen molar-refractivity contribution < 1.29 is 61.5 Å². The number of halogens is 12. The molecule has 17 heteroatoms. The first-order valence-corrected chi connectivity index (χ1v) is 27.7. The summed E-state index contributed by atoms with van der Waals surface area (Å²) in [6.45, 7) is 11.8. The number of alkyl halides is 12. The van der Waals surface area contributed by atoms with Crippen molar-refractivity contribution in [2.75, 3.05) is 6.54 Å². The van der Waals surface area contributed by atoms with Gasteiger partial charge in [-0.2, -0.15) is 52.7 Å². The third-order valence-electron chi connectivity index (χ3n) is 12.3. The molecule has 1 heterocycles. The smallest absolute Gasteiger partial charge is 0.413 e. The van der Waals surface area contributed by atoms with Crippen LogP contribution in [-0.4, -0.2) is 35.3 Å². The topological polar surface area (TPSA) is 30.5 Å². The molecule has 0 saturated carbocycles. The van der Waals surface area contributed by atoms with Gasteiger partial charge in [-0.3, -0.25) is 0 Å². The van der Waals surface area contributed by atoms with Crippen LogP contribution >= 0.6 is 0 Å². The van der Waals surface area contributed by atoms with E-state index in [1.807, 2.05) is 20.8 Å². The van der Waals surface area contributed by atoms with Gasteiger partial charge in [-0.05, 0) is 90.2 Å². The highest BCUT2D eigenvalue weighted by molar-refractivity contribution is 6.74. The molecule has 0 radical (unpaired) electrons. The Bertz CT molecular complexity index is 1480. The zero-order valence-electron chi connectivity index (χ0n) is 37.1. The summed E-state index contributed by atoms with van der Waals surface area (Å²) < 4.78 is 192. The minimum Gasteiger partial charge on any atom is -0.413 e. The number of hydrogen-bond acceptors (Lipinski definition) is 3. The summed E-state index contributed by atoms with van der Waals surface area (Å²) in [5.41, 5.74) is -11.3. The monoisotopic (exact) mass is 937 g/mol. The molecule has 1 saturated heterocycles. The zero-order valence-corrected chi connectivity index (χ0v) is 39.1. The Morgan fingerprint density at radius 1 is 0.452 bits per heavy atom. The fourth-order valence-corrected chi connectivity index (χ4v) is 19.1. The van der Waals surface area contributed by atoms with Gasteiger partial charge in [-0.25, -0.2) is 0 Å². The number of rotatable bonds is 25. The molecule has 0 aliphatic carbocycles. The van der Waals surface area contributed by atoms with E-state index >= 15 is 0 Å². The van der Waals surface area contributed by atoms with Crippen LogP contribution in [0.3, 0.4) is 0 Å². The molecule has 0 unspecified atom stereocenters. The van der Waals surface area contributed by atoms with Gasteiger partial charge in [-0.15, -0.1) is 0 Å². The lowest BCUT2D eigenvalue weighted by molar-refractivity contribution is -0.144. The Morgan fingerprint density at radius 3 is 1.00 bits per heavy atom. The molecule has 2 atom stereocenters. The van der Waals surface area contributed by atoms with E-state index in [1.165, 1.54) is 0 Å². The van der Waals surface area contributed by atoms with Crippen molar-refractivity contribution in [3.05, 3.63) is 69.8 Å². The van der Waals surface area contributed by atoms with Gasteiger partial charge in [-0.1, -0.05) is 119 Å². The van der Waals surface area contributed by atoms with Crippen LogP contribution in [0.25, 0.3) is 0 Å². The van der Waals surface area contributed by atoms with Crippen molar-refractivity contribution in [1.82, 2.24) is 5.32 Å². The highest BCUT2D eigenvalue weighted by atomic mass is 28.4. The molecule has 3 nitrogen and oxygen atoms in total. The van der Waals surface area contributed by atoms with Gasteiger partial charge in [0.25, 0.3) is 0 Å². The summed E-state index contributed by atoms with van der Waals surface area (Å²) >= 11 is 0. The van der Waals surface area contributed by atoms with Crippen molar-refractivity contribution in [1.29, 1.82) is 0 Å². The second kappa shape index (κ2) is 22.9. The lowest BCUT2D eigenvalue weighted by atomic mass is 9.77. The molecule has 1 aliphatic heterocycles. The van der Waals surface area contributed by atoms with E-state index in [4.69, 9.17) is 8.85 Å². The third-order valence-corrected chi connectivity index (χ3v) is 21.5. The summed E-state index contributed by atoms with van der Waals surface area (Å²) in [6.07, 6.45) is -13.7. The second-order valence-electron chi connectivity index (χ2n) is 17.4. The summed E-state index contributed by atoms with van der Waals surface area (Å²) in [4.78, 5) is 0. The van der Waals surface area contributed by atoms with Crippen molar-refractivity contribution >= 4 is 16.6 Å². The average Bonchev–Trinajstić information content (AvgIpc) is 3.67. The second-order valence-corrected chi connectivity index (χ2v) is 25.5. The number of unbranched alkanes of at least 4 members (excludes halogenated alkanes) is 6. The van der Waals surface area contributed by atoms with E-state index in [9.17, 15) is 52.7 Å². The zero-order chi connectivity index (χ0) is 46.6. The standard InChI is InChI=1S/C45H67F12NO2Si2/c1-7-13-19-61(20-14-8-2,21-15-9-3)59-39-31-40(58-32-39)41(60-62(22-16-10-4,23-17-11-5)24-18-12-6,33-25-35(42(46,47)48)29-36(26-33)43(49,50)51)34-27-37(44(52,53)54)30-38(28-34)45(55,56)57/h25-30,39-40,58H,7-24,31-32H2,1-6H3/t39-,40-/m0/s1. The Kier molecular flexibility index (Phi) is 20.0. The minimum absolute atomic E-state index is 0.0124. The molecule has 0 bridgehead atoms. The van der Waals surface area contributed by atoms with E-state index in [0.717, 1.165) is 56.7 Å². The summed E-state index contributed by atoms with van der Waals surface area (Å²) in [5.74, 6) is 0. The molecular weight excluding hydrogens is 871 g/mol. The largest absolute Gasteiger partial charge is 0.416 e. The van der Waals surface area contributed by atoms with Crippen LogP contribution < -0.4 is 5.32 Å². The van der Waals surface area contributed by atoms with Crippen LogP contribution in [0.2, 0.25) is 36.3 Å².